The van der Waals surface area contributed by atoms with Gasteiger partial charge in [-0.3, -0.25) is 4.79 Å². The molecule has 3 aromatic rings. The van der Waals surface area contributed by atoms with E-state index >= 15 is 0 Å². The van der Waals surface area contributed by atoms with E-state index in [2.05, 4.69) is 15.6 Å². The number of ether oxygens (including phenoxy) is 1. The highest BCUT2D eigenvalue weighted by Gasteiger charge is 2.07. The molecule has 0 aliphatic carbocycles. The third-order valence-corrected chi connectivity index (χ3v) is 4.23. The third kappa shape index (κ3) is 5.07. The lowest BCUT2D eigenvalue weighted by molar-refractivity contribution is 0.102. The van der Waals surface area contributed by atoms with Crippen molar-refractivity contribution in [1.82, 2.24) is 4.98 Å². The Morgan fingerprint density at radius 3 is 2.52 bits per heavy atom. The van der Waals surface area contributed by atoms with E-state index < -0.39 is 0 Å². The summed E-state index contributed by atoms with van der Waals surface area (Å²) in [5.74, 6) is 1.44. The minimum atomic E-state index is -0.174. The quantitative estimate of drug-likeness (QED) is 0.658. The molecule has 2 N–H and O–H groups in total. The summed E-state index contributed by atoms with van der Waals surface area (Å²) in [5.41, 5.74) is 3.58. The zero-order chi connectivity index (χ0) is 19.1. The minimum Gasteiger partial charge on any atom is -0.496 e. The lowest BCUT2D eigenvalue weighted by Crippen LogP contribution is -2.13. The highest BCUT2D eigenvalue weighted by atomic mass is 16.5. The largest absolute Gasteiger partial charge is 0.496 e. The number of methoxy groups -OCH3 is 1. The average Bonchev–Trinajstić information content (AvgIpc) is 2.70. The van der Waals surface area contributed by atoms with Gasteiger partial charge in [-0.1, -0.05) is 35.9 Å². The van der Waals surface area contributed by atoms with Crippen molar-refractivity contribution in [2.45, 2.75) is 13.3 Å². The minimum absolute atomic E-state index is 0.174. The van der Waals surface area contributed by atoms with Crippen LogP contribution < -0.4 is 15.4 Å². The van der Waals surface area contributed by atoms with E-state index in [1.54, 1.807) is 19.4 Å². The molecule has 2 aromatic carbocycles. The molecule has 0 radical (unpaired) electrons. The van der Waals surface area contributed by atoms with Crippen molar-refractivity contribution in [2.75, 3.05) is 24.3 Å². The molecule has 0 saturated heterocycles. The first kappa shape index (κ1) is 18.5. The van der Waals surface area contributed by atoms with Gasteiger partial charge in [0.1, 0.15) is 11.6 Å². The Bertz CT molecular complexity index is 890. The van der Waals surface area contributed by atoms with Crippen LogP contribution in [0.25, 0.3) is 0 Å². The van der Waals surface area contributed by atoms with Gasteiger partial charge in [-0.25, -0.2) is 4.98 Å². The lowest BCUT2D eigenvalue weighted by Gasteiger charge is -2.10. The molecule has 0 atom stereocenters. The summed E-state index contributed by atoms with van der Waals surface area (Å²) in [6, 6.07) is 19.2. The Morgan fingerprint density at radius 1 is 1.04 bits per heavy atom. The molecule has 0 aliphatic rings. The van der Waals surface area contributed by atoms with E-state index in [4.69, 9.17) is 4.74 Å². The van der Waals surface area contributed by atoms with Gasteiger partial charge in [0.25, 0.3) is 5.91 Å². The summed E-state index contributed by atoms with van der Waals surface area (Å²) in [7, 11) is 1.67. The smallest absolute Gasteiger partial charge is 0.257 e. The standard InChI is InChI=1S/C22H23N3O2/c1-16-7-10-19(11-8-16)25-22(26)18-9-12-21(24-15-18)23-14-13-17-5-3-4-6-20(17)27-2/h3-12,15H,13-14H2,1-2H3,(H,23,24)(H,25,26). The van der Waals surface area contributed by atoms with Gasteiger partial charge < -0.3 is 15.4 Å². The maximum Gasteiger partial charge on any atom is 0.257 e. The number of benzene rings is 2. The van der Waals surface area contributed by atoms with Gasteiger partial charge in [-0.15, -0.1) is 0 Å². The Hall–Kier alpha value is -3.34. The zero-order valence-corrected chi connectivity index (χ0v) is 15.5. The van der Waals surface area contributed by atoms with Crippen LogP contribution in [0, 0.1) is 6.92 Å². The fourth-order valence-electron chi connectivity index (χ4n) is 2.71. The SMILES string of the molecule is COc1ccccc1CCNc1ccc(C(=O)Nc2ccc(C)cc2)cn1. The number of nitrogens with one attached hydrogen (secondary N) is 2. The maximum absolute atomic E-state index is 12.3. The average molecular weight is 361 g/mol. The monoisotopic (exact) mass is 361 g/mol. The molecule has 3 rings (SSSR count). The Labute approximate surface area is 159 Å². The van der Waals surface area contributed by atoms with Gasteiger partial charge in [0, 0.05) is 18.4 Å². The van der Waals surface area contributed by atoms with Crippen LogP contribution in [0.1, 0.15) is 21.5 Å². The number of aromatic nitrogens is 1. The molecule has 1 amide bonds. The van der Waals surface area contributed by atoms with Crippen LogP contribution in [0.4, 0.5) is 11.5 Å². The van der Waals surface area contributed by atoms with Crippen molar-refractivity contribution in [3.63, 3.8) is 0 Å². The second-order valence-electron chi connectivity index (χ2n) is 6.24. The molecule has 1 heterocycles. The van der Waals surface area contributed by atoms with E-state index in [0.717, 1.165) is 41.3 Å². The van der Waals surface area contributed by atoms with E-state index in [9.17, 15) is 4.79 Å². The predicted octanol–water partition coefficient (Wildman–Crippen LogP) is 4.31. The topological polar surface area (TPSA) is 63.2 Å². The molecule has 0 aliphatic heterocycles. The third-order valence-electron chi connectivity index (χ3n) is 4.23. The summed E-state index contributed by atoms with van der Waals surface area (Å²) >= 11 is 0. The van der Waals surface area contributed by atoms with Gasteiger partial charge in [-0.05, 0) is 49.2 Å². The molecule has 5 heteroatoms. The number of carbonyl (C=O) groups excluding carboxylic acids is 1. The number of anilines is 2. The molecule has 0 spiro atoms. The molecular formula is C22H23N3O2. The van der Waals surface area contributed by atoms with Crippen molar-refractivity contribution in [2.24, 2.45) is 0 Å². The number of pyridine rings is 1. The molecule has 0 saturated carbocycles. The van der Waals surface area contributed by atoms with E-state index in [-0.39, 0.29) is 5.91 Å². The molecule has 138 valence electrons. The Kier molecular flexibility index (Phi) is 6.05. The first-order valence-electron chi connectivity index (χ1n) is 8.85. The number of rotatable bonds is 7. The predicted molar refractivity (Wildman–Crippen MR) is 109 cm³/mol. The number of hydrogen-bond acceptors (Lipinski definition) is 4. The van der Waals surface area contributed by atoms with Gasteiger partial charge in [-0.2, -0.15) is 0 Å². The maximum atomic E-state index is 12.3. The van der Waals surface area contributed by atoms with E-state index in [1.807, 2.05) is 61.5 Å². The molecule has 0 bridgehead atoms. The van der Waals surface area contributed by atoms with E-state index in [0.29, 0.717) is 5.56 Å². The fraction of sp³-hybridized carbons (Fsp3) is 0.182. The first-order chi connectivity index (χ1) is 13.2. The molecule has 27 heavy (non-hydrogen) atoms. The van der Waals surface area contributed by atoms with Crippen LogP contribution >= 0.6 is 0 Å². The van der Waals surface area contributed by atoms with Gasteiger partial charge in [0.05, 0.1) is 12.7 Å². The van der Waals surface area contributed by atoms with Crippen molar-refractivity contribution < 1.29 is 9.53 Å². The van der Waals surface area contributed by atoms with Gasteiger partial charge in [0.2, 0.25) is 0 Å². The number of aryl methyl sites for hydroxylation is 1. The number of nitrogens with zero attached hydrogens (tertiary/aromatic N) is 1. The van der Waals surface area contributed by atoms with Gasteiger partial charge >= 0.3 is 0 Å². The normalized spacial score (nSPS) is 10.3. The summed E-state index contributed by atoms with van der Waals surface area (Å²) in [4.78, 5) is 16.6. The van der Waals surface area contributed by atoms with Crippen LogP contribution in [-0.4, -0.2) is 24.5 Å². The second-order valence-corrected chi connectivity index (χ2v) is 6.24. The van der Waals surface area contributed by atoms with Crippen LogP contribution in [0.15, 0.2) is 66.9 Å². The molecule has 0 unspecified atom stereocenters. The highest BCUT2D eigenvalue weighted by Crippen LogP contribution is 2.18. The molecule has 1 aromatic heterocycles. The molecular weight excluding hydrogens is 338 g/mol. The number of carbonyl (C=O) groups is 1. The van der Waals surface area contributed by atoms with Crippen LogP contribution in [0.5, 0.6) is 5.75 Å². The highest BCUT2D eigenvalue weighted by molar-refractivity contribution is 6.04. The van der Waals surface area contributed by atoms with Crippen molar-refractivity contribution in [3.8, 4) is 5.75 Å². The van der Waals surface area contributed by atoms with Crippen LogP contribution in [0.2, 0.25) is 0 Å². The van der Waals surface area contributed by atoms with Crippen LogP contribution in [0.3, 0.4) is 0 Å². The molecule has 0 fully saturated rings. The van der Waals surface area contributed by atoms with Gasteiger partial charge in [0.15, 0.2) is 0 Å². The van der Waals surface area contributed by atoms with Crippen molar-refractivity contribution >= 4 is 17.4 Å². The Morgan fingerprint density at radius 2 is 1.81 bits per heavy atom. The summed E-state index contributed by atoms with van der Waals surface area (Å²) in [5, 5.41) is 6.14. The second kappa shape index (κ2) is 8.85. The van der Waals surface area contributed by atoms with E-state index in [1.165, 1.54) is 0 Å². The summed E-state index contributed by atoms with van der Waals surface area (Å²) in [6.45, 7) is 2.73. The summed E-state index contributed by atoms with van der Waals surface area (Å²) in [6.07, 6.45) is 2.40. The van der Waals surface area contributed by atoms with Crippen molar-refractivity contribution in [3.05, 3.63) is 83.6 Å². The Balaban J connectivity index is 1.53. The lowest BCUT2D eigenvalue weighted by atomic mass is 10.1. The number of hydrogen-bond donors (Lipinski definition) is 2. The zero-order valence-electron chi connectivity index (χ0n) is 15.5. The summed E-state index contributed by atoms with van der Waals surface area (Å²) < 4.78 is 5.36. The fourth-order valence-corrected chi connectivity index (χ4v) is 2.71. The van der Waals surface area contributed by atoms with Crippen LogP contribution in [-0.2, 0) is 6.42 Å². The van der Waals surface area contributed by atoms with Crippen molar-refractivity contribution in [1.29, 1.82) is 0 Å². The number of para-hydroxylation sites is 1. The molecule has 5 nitrogen and oxygen atoms in total. The number of amides is 1. The first-order valence-corrected chi connectivity index (χ1v) is 8.85.